The Bertz CT molecular complexity index is 747. The predicted molar refractivity (Wildman–Crippen MR) is 111 cm³/mol. The molecule has 0 bridgehead atoms. The molecule has 0 amide bonds. The number of nitrogens with two attached hydrogens (primary N) is 1. The highest BCUT2D eigenvalue weighted by Gasteiger charge is 2.44. The summed E-state index contributed by atoms with van der Waals surface area (Å²) in [4.78, 5) is 5.13. The average Bonchev–Trinajstić information content (AvgIpc) is 2.99. The number of para-hydroxylation sites is 3. The number of hydrogen-bond acceptors (Lipinski definition) is 3. The van der Waals surface area contributed by atoms with Crippen LogP contribution in [0.3, 0.4) is 0 Å². The maximum absolute atomic E-state index is 6.32. The van der Waals surface area contributed by atoms with Crippen LogP contribution in [0.25, 0.3) is 0 Å². The van der Waals surface area contributed by atoms with E-state index in [9.17, 15) is 0 Å². The van der Waals surface area contributed by atoms with Gasteiger partial charge in [0.25, 0.3) is 0 Å². The molecular weight excluding hydrogens is 318 g/mol. The zero-order valence-corrected chi connectivity index (χ0v) is 16.0. The first-order valence-corrected chi connectivity index (χ1v) is 10.2. The highest BCUT2D eigenvalue weighted by Crippen LogP contribution is 2.50. The van der Waals surface area contributed by atoms with Gasteiger partial charge in [-0.05, 0) is 62.7 Å². The van der Waals surface area contributed by atoms with E-state index in [-0.39, 0.29) is 5.41 Å². The number of piperidine rings is 1. The number of rotatable bonds is 5. The fourth-order valence-corrected chi connectivity index (χ4v) is 4.80. The summed E-state index contributed by atoms with van der Waals surface area (Å²) < 4.78 is 0. The van der Waals surface area contributed by atoms with E-state index in [1.54, 1.807) is 0 Å². The van der Waals surface area contributed by atoms with Crippen LogP contribution in [0.15, 0.2) is 48.5 Å². The van der Waals surface area contributed by atoms with Crippen molar-refractivity contribution in [3.63, 3.8) is 0 Å². The number of likely N-dealkylation sites (tertiary alicyclic amines) is 1. The summed E-state index contributed by atoms with van der Waals surface area (Å²) >= 11 is 0. The Kier molecular flexibility index (Phi) is 4.90. The number of anilines is 3. The molecule has 2 heterocycles. The topological polar surface area (TPSA) is 32.5 Å². The van der Waals surface area contributed by atoms with Crippen LogP contribution in [0.4, 0.5) is 17.1 Å². The van der Waals surface area contributed by atoms with E-state index in [1.165, 1.54) is 63.0 Å². The molecule has 138 valence electrons. The van der Waals surface area contributed by atoms with E-state index in [0.717, 1.165) is 17.9 Å². The molecule has 2 aliphatic rings. The normalized spacial score (nSPS) is 19.0. The van der Waals surface area contributed by atoms with Crippen LogP contribution < -0.4 is 10.6 Å². The Morgan fingerprint density at radius 2 is 1.62 bits per heavy atom. The van der Waals surface area contributed by atoms with E-state index < -0.39 is 0 Å². The SMILES string of the molecule is CCCCCN1CCC2(CC1)CN(c1ccccc1N)c1ccccc12. The van der Waals surface area contributed by atoms with Crippen LogP contribution in [-0.2, 0) is 5.41 Å². The van der Waals surface area contributed by atoms with Crippen LogP contribution >= 0.6 is 0 Å². The lowest BCUT2D eigenvalue weighted by Crippen LogP contribution is -2.45. The van der Waals surface area contributed by atoms with Gasteiger partial charge in [0.2, 0.25) is 0 Å². The molecule has 3 nitrogen and oxygen atoms in total. The number of nitrogens with zero attached hydrogens (tertiary/aromatic N) is 2. The second-order valence-electron chi connectivity index (χ2n) is 7.99. The third kappa shape index (κ3) is 3.09. The van der Waals surface area contributed by atoms with Gasteiger partial charge in [-0.15, -0.1) is 0 Å². The van der Waals surface area contributed by atoms with Gasteiger partial charge in [-0.3, -0.25) is 0 Å². The monoisotopic (exact) mass is 349 g/mol. The lowest BCUT2D eigenvalue weighted by atomic mass is 9.74. The summed E-state index contributed by atoms with van der Waals surface area (Å²) in [6.45, 7) is 7.04. The molecule has 3 heteroatoms. The first kappa shape index (κ1) is 17.4. The summed E-state index contributed by atoms with van der Waals surface area (Å²) in [6.07, 6.45) is 6.50. The van der Waals surface area contributed by atoms with Gasteiger partial charge in [-0.2, -0.15) is 0 Å². The Labute approximate surface area is 157 Å². The largest absolute Gasteiger partial charge is 0.397 e. The molecule has 0 saturated carbocycles. The first-order valence-electron chi connectivity index (χ1n) is 10.2. The molecular formula is C23H31N3. The quantitative estimate of drug-likeness (QED) is 0.613. The molecule has 2 aliphatic heterocycles. The van der Waals surface area contributed by atoms with Crippen molar-refractivity contribution < 1.29 is 0 Å². The van der Waals surface area contributed by atoms with E-state index in [2.05, 4.69) is 53.1 Å². The smallest absolute Gasteiger partial charge is 0.0644 e. The molecule has 1 saturated heterocycles. The molecule has 0 radical (unpaired) electrons. The van der Waals surface area contributed by atoms with E-state index in [1.807, 2.05) is 12.1 Å². The van der Waals surface area contributed by atoms with Crippen LogP contribution in [0.1, 0.15) is 44.6 Å². The van der Waals surface area contributed by atoms with Crippen molar-refractivity contribution in [1.82, 2.24) is 4.90 Å². The summed E-state index contributed by atoms with van der Waals surface area (Å²) in [7, 11) is 0. The Morgan fingerprint density at radius 1 is 0.923 bits per heavy atom. The highest BCUT2D eigenvalue weighted by atomic mass is 15.2. The predicted octanol–water partition coefficient (Wildman–Crippen LogP) is 4.94. The fraction of sp³-hybridized carbons (Fsp3) is 0.478. The Balaban J connectivity index is 1.57. The summed E-state index contributed by atoms with van der Waals surface area (Å²) in [5, 5.41) is 0. The highest BCUT2D eigenvalue weighted by molar-refractivity contribution is 5.79. The Morgan fingerprint density at radius 3 is 2.35 bits per heavy atom. The van der Waals surface area contributed by atoms with Crippen LogP contribution in [0.5, 0.6) is 0 Å². The van der Waals surface area contributed by atoms with Crippen molar-refractivity contribution in [2.75, 3.05) is 36.8 Å². The molecule has 2 aromatic carbocycles. The fourth-order valence-electron chi connectivity index (χ4n) is 4.80. The van der Waals surface area contributed by atoms with Crippen molar-refractivity contribution in [1.29, 1.82) is 0 Å². The molecule has 0 unspecified atom stereocenters. The van der Waals surface area contributed by atoms with Crippen molar-refractivity contribution in [2.45, 2.75) is 44.4 Å². The molecule has 4 rings (SSSR count). The molecule has 2 N–H and O–H groups in total. The molecule has 0 atom stereocenters. The number of nitrogen functional groups attached to an aromatic ring is 1. The minimum atomic E-state index is 0.278. The van der Waals surface area contributed by atoms with Crippen molar-refractivity contribution in [3.8, 4) is 0 Å². The van der Waals surface area contributed by atoms with Crippen LogP contribution in [0.2, 0.25) is 0 Å². The van der Waals surface area contributed by atoms with E-state index >= 15 is 0 Å². The third-order valence-corrected chi connectivity index (χ3v) is 6.35. The minimum absolute atomic E-state index is 0.278. The lowest BCUT2D eigenvalue weighted by Gasteiger charge is -2.40. The number of benzene rings is 2. The van der Waals surface area contributed by atoms with E-state index in [0.29, 0.717) is 0 Å². The summed E-state index contributed by atoms with van der Waals surface area (Å²) in [6, 6.07) is 17.3. The standard InChI is InChI=1S/C23H31N3/c1-2-3-8-15-25-16-13-23(14-17-25)18-26(21-11-6-4-9-19(21)23)22-12-7-5-10-20(22)24/h4-7,9-12H,2-3,8,13-18,24H2,1H3. The van der Waals surface area contributed by atoms with Gasteiger partial charge in [0.1, 0.15) is 0 Å². The van der Waals surface area contributed by atoms with Crippen molar-refractivity contribution in [3.05, 3.63) is 54.1 Å². The zero-order chi connectivity index (χ0) is 18.0. The van der Waals surface area contributed by atoms with E-state index in [4.69, 9.17) is 5.73 Å². The first-order chi connectivity index (χ1) is 12.7. The van der Waals surface area contributed by atoms with Crippen LogP contribution in [-0.4, -0.2) is 31.1 Å². The molecule has 1 spiro atoms. The molecule has 0 aromatic heterocycles. The van der Waals surface area contributed by atoms with Gasteiger partial charge >= 0.3 is 0 Å². The molecule has 0 aliphatic carbocycles. The average molecular weight is 350 g/mol. The number of fused-ring (bicyclic) bond motifs is 2. The molecule has 26 heavy (non-hydrogen) atoms. The Hall–Kier alpha value is -2.00. The van der Waals surface area contributed by atoms with Gasteiger partial charge < -0.3 is 15.5 Å². The van der Waals surface area contributed by atoms with Crippen molar-refractivity contribution in [2.24, 2.45) is 0 Å². The zero-order valence-electron chi connectivity index (χ0n) is 16.0. The molecule has 2 aromatic rings. The maximum Gasteiger partial charge on any atom is 0.0644 e. The minimum Gasteiger partial charge on any atom is -0.397 e. The lowest BCUT2D eigenvalue weighted by molar-refractivity contribution is 0.165. The van der Waals surface area contributed by atoms with Gasteiger partial charge in [-0.1, -0.05) is 50.1 Å². The second kappa shape index (κ2) is 7.32. The second-order valence-corrected chi connectivity index (χ2v) is 7.99. The van der Waals surface area contributed by atoms with Gasteiger partial charge in [0, 0.05) is 17.6 Å². The number of hydrogen-bond donors (Lipinski definition) is 1. The molecule has 1 fully saturated rings. The number of unbranched alkanes of at least 4 members (excludes halogenated alkanes) is 2. The maximum atomic E-state index is 6.32. The van der Waals surface area contributed by atoms with Crippen LogP contribution in [0, 0.1) is 0 Å². The van der Waals surface area contributed by atoms with Gasteiger partial charge in [0.05, 0.1) is 11.4 Å². The summed E-state index contributed by atoms with van der Waals surface area (Å²) in [5.74, 6) is 0. The van der Waals surface area contributed by atoms with Gasteiger partial charge in [0.15, 0.2) is 0 Å². The summed E-state index contributed by atoms with van der Waals surface area (Å²) in [5.41, 5.74) is 11.5. The van der Waals surface area contributed by atoms with Crippen molar-refractivity contribution >= 4 is 17.1 Å². The van der Waals surface area contributed by atoms with Gasteiger partial charge in [-0.25, -0.2) is 0 Å². The third-order valence-electron chi connectivity index (χ3n) is 6.35.